The van der Waals surface area contributed by atoms with Crippen LogP contribution in [0.4, 0.5) is 0 Å². The fraction of sp³-hybridized carbons (Fsp3) is 0.667. The minimum atomic E-state index is 0.855. The van der Waals surface area contributed by atoms with Gasteiger partial charge in [0.1, 0.15) is 0 Å². The minimum Gasteiger partial charge on any atom is -0.0683 e. The van der Waals surface area contributed by atoms with E-state index in [9.17, 15) is 0 Å². The molecular formula is C18H32. The Morgan fingerprint density at radius 1 is 1.00 bits per heavy atom. The van der Waals surface area contributed by atoms with Crippen LogP contribution in [-0.2, 0) is 0 Å². The molecule has 1 aliphatic rings. The summed E-state index contributed by atoms with van der Waals surface area (Å²) in [6, 6.07) is 9.03. The summed E-state index contributed by atoms with van der Waals surface area (Å²) < 4.78 is 0. The zero-order valence-corrected chi connectivity index (χ0v) is 13.1. The lowest BCUT2D eigenvalue weighted by Crippen LogP contribution is -2.04. The fourth-order valence-electron chi connectivity index (χ4n) is 2.36. The van der Waals surface area contributed by atoms with Crippen LogP contribution in [0.15, 0.2) is 24.3 Å². The number of aryl methyl sites for hydroxylation is 1. The number of hydrogen-bond donors (Lipinski definition) is 0. The van der Waals surface area contributed by atoms with E-state index >= 15 is 0 Å². The van der Waals surface area contributed by atoms with Crippen molar-refractivity contribution in [3.8, 4) is 0 Å². The van der Waals surface area contributed by atoms with E-state index in [0.717, 1.165) is 5.92 Å². The zero-order chi connectivity index (χ0) is 13.8. The fourth-order valence-corrected chi connectivity index (χ4v) is 2.36. The molecule has 18 heavy (non-hydrogen) atoms. The van der Waals surface area contributed by atoms with Crippen LogP contribution >= 0.6 is 0 Å². The van der Waals surface area contributed by atoms with Gasteiger partial charge in [0, 0.05) is 0 Å². The van der Waals surface area contributed by atoms with E-state index < -0.39 is 0 Å². The second-order valence-electron chi connectivity index (χ2n) is 4.96. The highest BCUT2D eigenvalue weighted by molar-refractivity contribution is 5.25. The molecule has 0 N–H and O–H groups in total. The van der Waals surface area contributed by atoms with Gasteiger partial charge in [0.25, 0.3) is 0 Å². The molecule has 1 aliphatic carbocycles. The Morgan fingerprint density at radius 2 is 1.56 bits per heavy atom. The van der Waals surface area contributed by atoms with Crippen molar-refractivity contribution in [1.29, 1.82) is 0 Å². The number of benzene rings is 1. The van der Waals surface area contributed by atoms with Crippen LogP contribution in [0.5, 0.6) is 0 Å². The van der Waals surface area contributed by atoms with Crippen molar-refractivity contribution in [2.75, 3.05) is 0 Å². The summed E-state index contributed by atoms with van der Waals surface area (Å²) in [6.07, 6.45) is 8.37. The van der Waals surface area contributed by atoms with Crippen LogP contribution < -0.4 is 0 Å². The predicted molar refractivity (Wildman–Crippen MR) is 84.3 cm³/mol. The monoisotopic (exact) mass is 248 g/mol. The van der Waals surface area contributed by atoms with Gasteiger partial charge in [-0.25, -0.2) is 0 Å². The molecule has 1 fully saturated rings. The van der Waals surface area contributed by atoms with Gasteiger partial charge >= 0.3 is 0 Å². The summed E-state index contributed by atoms with van der Waals surface area (Å²) >= 11 is 0. The van der Waals surface area contributed by atoms with E-state index in [0.29, 0.717) is 0 Å². The Bertz CT molecular complexity index is 282. The molecule has 0 bridgehead atoms. The summed E-state index contributed by atoms with van der Waals surface area (Å²) in [5, 5.41) is 0. The SMILES string of the molecule is CC.CCC.Cc1cccc(C2CCCCC2)c1. The quantitative estimate of drug-likeness (QED) is 0.533. The molecule has 0 heteroatoms. The largest absolute Gasteiger partial charge is 0.0683 e. The molecule has 0 aliphatic heterocycles. The van der Waals surface area contributed by atoms with Gasteiger partial charge in [-0.15, -0.1) is 0 Å². The lowest BCUT2D eigenvalue weighted by Gasteiger charge is -2.22. The molecule has 1 aromatic carbocycles. The molecule has 0 nitrogen and oxygen atoms in total. The van der Waals surface area contributed by atoms with Crippen molar-refractivity contribution in [2.45, 2.75) is 79.1 Å². The third-order valence-corrected chi connectivity index (χ3v) is 3.12. The number of rotatable bonds is 1. The van der Waals surface area contributed by atoms with E-state index in [-0.39, 0.29) is 0 Å². The molecular weight excluding hydrogens is 216 g/mol. The van der Waals surface area contributed by atoms with Crippen LogP contribution in [0.25, 0.3) is 0 Å². The van der Waals surface area contributed by atoms with E-state index in [1.807, 2.05) is 13.8 Å². The molecule has 1 saturated carbocycles. The van der Waals surface area contributed by atoms with Gasteiger partial charge < -0.3 is 0 Å². The highest BCUT2D eigenvalue weighted by Crippen LogP contribution is 2.32. The Morgan fingerprint density at radius 3 is 2.06 bits per heavy atom. The Labute approximate surface area is 115 Å². The predicted octanol–water partition coefficient (Wildman–Crippen LogP) is 6.49. The molecule has 0 amide bonds. The van der Waals surface area contributed by atoms with Gasteiger partial charge in [0.05, 0.1) is 0 Å². The summed E-state index contributed by atoms with van der Waals surface area (Å²) in [4.78, 5) is 0. The summed E-state index contributed by atoms with van der Waals surface area (Å²) in [6.45, 7) is 10.4. The van der Waals surface area contributed by atoms with Crippen LogP contribution in [0.3, 0.4) is 0 Å². The van der Waals surface area contributed by atoms with Crippen LogP contribution in [0.2, 0.25) is 0 Å². The Kier molecular flexibility index (Phi) is 10.8. The van der Waals surface area contributed by atoms with Crippen molar-refractivity contribution in [3.63, 3.8) is 0 Å². The lowest BCUT2D eigenvalue weighted by molar-refractivity contribution is 0.443. The Hall–Kier alpha value is -0.780. The van der Waals surface area contributed by atoms with Crippen LogP contribution in [-0.4, -0.2) is 0 Å². The summed E-state index contributed by atoms with van der Waals surface area (Å²) in [5.74, 6) is 0.855. The third kappa shape index (κ3) is 6.83. The van der Waals surface area contributed by atoms with Crippen molar-refractivity contribution in [2.24, 2.45) is 0 Å². The first-order valence-corrected chi connectivity index (χ1v) is 7.84. The van der Waals surface area contributed by atoms with Crippen LogP contribution in [0, 0.1) is 6.92 Å². The van der Waals surface area contributed by atoms with Crippen molar-refractivity contribution >= 4 is 0 Å². The highest BCUT2D eigenvalue weighted by atomic mass is 14.2. The van der Waals surface area contributed by atoms with Crippen molar-refractivity contribution in [1.82, 2.24) is 0 Å². The van der Waals surface area contributed by atoms with Crippen molar-refractivity contribution < 1.29 is 0 Å². The van der Waals surface area contributed by atoms with Gasteiger partial charge in [-0.2, -0.15) is 0 Å². The standard InChI is InChI=1S/C13H18.C3H8.C2H6/c1-11-6-5-9-13(10-11)12-7-3-2-4-8-12;1-3-2;1-2/h5-6,9-10,12H,2-4,7-8H2,1H3;3H2,1-2H3;1-2H3. The smallest absolute Gasteiger partial charge is 0.0162 e. The second kappa shape index (κ2) is 11.3. The van der Waals surface area contributed by atoms with Crippen molar-refractivity contribution in [3.05, 3.63) is 35.4 Å². The molecule has 2 rings (SSSR count). The molecule has 0 spiro atoms. The normalized spacial score (nSPS) is 14.9. The minimum absolute atomic E-state index is 0.855. The third-order valence-electron chi connectivity index (χ3n) is 3.12. The Balaban J connectivity index is 0.000000509. The van der Waals surface area contributed by atoms with Gasteiger partial charge in [-0.05, 0) is 31.2 Å². The maximum absolute atomic E-state index is 2.36. The van der Waals surface area contributed by atoms with E-state index in [1.165, 1.54) is 44.1 Å². The van der Waals surface area contributed by atoms with Gasteiger partial charge in [0.2, 0.25) is 0 Å². The first-order valence-electron chi connectivity index (χ1n) is 7.84. The molecule has 0 heterocycles. The average molecular weight is 248 g/mol. The lowest BCUT2D eigenvalue weighted by atomic mass is 9.84. The average Bonchev–Trinajstić information content (AvgIpc) is 2.43. The summed E-state index contributed by atoms with van der Waals surface area (Å²) in [5.41, 5.74) is 2.97. The maximum atomic E-state index is 2.36. The zero-order valence-electron chi connectivity index (χ0n) is 13.1. The number of hydrogen-bond acceptors (Lipinski definition) is 0. The molecule has 0 radical (unpaired) electrons. The topological polar surface area (TPSA) is 0 Å². The van der Waals surface area contributed by atoms with Gasteiger partial charge in [-0.1, -0.05) is 83.2 Å². The van der Waals surface area contributed by atoms with Crippen LogP contribution in [0.1, 0.15) is 83.3 Å². The molecule has 104 valence electrons. The van der Waals surface area contributed by atoms with E-state index in [2.05, 4.69) is 45.0 Å². The molecule has 0 atom stereocenters. The molecule has 0 aromatic heterocycles. The van der Waals surface area contributed by atoms with Gasteiger partial charge in [0.15, 0.2) is 0 Å². The summed E-state index contributed by atoms with van der Waals surface area (Å²) in [7, 11) is 0. The highest BCUT2D eigenvalue weighted by Gasteiger charge is 2.14. The molecule has 0 saturated heterocycles. The molecule has 0 unspecified atom stereocenters. The second-order valence-corrected chi connectivity index (χ2v) is 4.96. The maximum Gasteiger partial charge on any atom is -0.0162 e. The molecule has 1 aromatic rings. The van der Waals surface area contributed by atoms with E-state index in [4.69, 9.17) is 0 Å². The first-order chi connectivity index (χ1) is 8.77. The van der Waals surface area contributed by atoms with Gasteiger partial charge in [-0.3, -0.25) is 0 Å². The first kappa shape index (κ1) is 17.2. The van der Waals surface area contributed by atoms with E-state index in [1.54, 1.807) is 5.56 Å².